The highest BCUT2D eigenvalue weighted by molar-refractivity contribution is 5.91. The summed E-state index contributed by atoms with van der Waals surface area (Å²) in [4.78, 5) is 23.1. The van der Waals surface area contributed by atoms with E-state index in [-0.39, 0.29) is 23.8 Å². The maximum Gasteiger partial charge on any atom is 0.360 e. The van der Waals surface area contributed by atoms with Gasteiger partial charge >= 0.3 is 5.63 Å². The van der Waals surface area contributed by atoms with Gasteiger partial charge in [-0.3, -0.25) is 4.79 Å². The zero-order chi connectivity index (χ0) is 18.1. The standard InChI is InChI=1S/C19H23NO5/c1-10-9-23-19(12(3)11(10)2)24-15-6-5-14-7-16(20-13(4)21)18(22)25-17(14)8-15/h5-8,10-12,19H,9H2,1-4H3,(H,20,21)/t10-,11+,12?,19-/m0/s1. The van der Waals surface area contributed by atoms with Gasteiger partial charge in [-0.25, -0.2) is 4.79 Å². The maximum atomic E-state index is 12.0. The Morgan fingerprint density at radius 1 is 1.20 bits per heavy atom. The summed E-state index contributed by atoms with van der Waals surface area (Å²) in [6, 6.07) is 6.86. The monoisotopic (exact) mass is 345 g/mol. The number of fused-ring (bicyclic) bond motifs is 1. The van der Waals surface area contributed by atoms with E-state index < -0.39 is 5.63 Å². The van der Waals surface area contributed by atoms with E-state index >= 15 is 0 Å². The Morgan fingerprint density at radius 3 is 2.68 bits per heavy atom. The van der Waals surface area contributed by atoms with Crippen molar-refractivity contribution in [3.05, 3.63) is 34.7 Å². The summed E-state index contributed by atoms with van der Waals surface area (Å²) < 4.78 is 17.1. The van der Waals surface area contributed by atoms with Gasteiger partial charge in [-0.05, 0) is 30.0 Å². The van der Waals surface area contributed by atoms with Gasteiger partial charge in [0.05, 0.1) is 6.61 Å². The minimum Gasteiger partial charge on any atom is -0.465 e. The zero-order valence-electron chi connectivity index (χ0n) is 14.9. The Labute approximate surface area is 146 Å². The highest BCUT2D eigenvalue weighted by atomic mass is 16.7. The van der Waals surface area contributed by atoms with Crippen LogP contribution in [0.3, 0.4) is 0 Å². The van der Waals surface area contributed by atoms with E-state index in [0.717, 1.165) is 0 Å². The second kappa shape index (κ2) is 6.88. The quantitative estimate of drug-likeness (QED) is 0.863. The van der Waals surface area contributed by atoms with Crippen LogP contribution in [0, 0.1) is 17.8 Å². The average molecular weight is 345 g/mol. The lowest BCUT2D eigenvalue weighted by Crippen LogP contribution is -2.41. The third-order valence-corrected chi connectivity index (χ3v) is 4.95. The number of rotatable bonds is 3. The van der Waals surface area contributed by atoms with Gasteiger partial charge in [-0.2, -0.15) is 0 Å². The molecule has 1 saturated heterocycles. The third-order valence-electron chi connectivity index (χ3n) is 4.95. The summed E-state index contributed by atoms with van der Waals surface area (Å²) in [6.45, 7) is 8.50. The van der Waals surface area contributed by atoms with Gasteiger partial charge in [0.15, 0.2) is 0 Å². The summed E-state index contributed by atoms with van der Waals surface area (Å²) in [6.07, 6.45) is -0.325. The van der Waals surface area contributed by atoms with Gasteiger partial charge in [-0.1, -0.05) is 20.8 Å². The van der Waals surface area contributed by atoms with Gasteiger partial charge in [0.25, 0.3) is 0 Å². The van der Waals surface area contributed by atoms with Crippen LogP contribution in [0.2, 0.25) is 0 Å². The van der Waals surface area contributed by atoms with E-state index in [1.54, 1.807) is 24.3 Å². The van der Waals surface area contributed by atoms with E-state index in [1.807, 2.05) is 0 Å². The molecule has 3 rings (SSSR count). The number of nitrogens with one attached hydrogen (secondary N) is 1. The molecule has 0 saturated carbocycles. The van der Waals surface area contributed by atoms with Crippen molar-refractivity contribution in [2.75, 3.05) is 11.9 Å². The molecule has 6 heteroatoms. The van der Waals surface area contributed by atoms with Gasteiger partial charge in [0, 0.05) is 24.3 Å². The van der Waals surface area contributed by atoms with Crippen molar-refractivity contribution in [3.63, 3.8) is 0 Å². The molecule has 1 aromatic carbocycles. The molecule has 0 bridgehead atoms. The molecule has 1 aliphatic rings. The van der Waals surface area contributed by atoms with Crippen molar-refractivity contribution in [3.8, 4) is 5.75 Å². The minimum absolute atomic E-state index is 0.126. The summed E-state index contributed by atoms with van der Waals surface area (Å²) in [5.41, 5.74) is -0.0632. The summed E-state index contributed by atoms with van der Waals surface area (Å²) in [7, 11) is 0. The molecule has 6 nitrogen and oxygen atoms in total. The molecule has 1 aromatic heterocycles. The molecular weight excluding hydrogens is 322 g/mol. The molecule has 134 valence electrons. The summed E-state index contributed by atoms with van der Waals surface area (Å²) in [5.74, 6) is 1.52. The number of amides is 1. The van der Waals surface area contributed by atoms with E-state index in [1.165, 1.54) is 6.92 Å². The second-order valence-electron chi connectivity index (χ2n) is 6.84. The fourth-order valence-corrected chi connectivity index (χ4v) is 3.03. The highest BCUT2D eigenvalue weighted by Gasteiger charge is 2.34. The molecule has 4 atom stereocenters. The highest BCUT2D eigenvalue weighted by Crippen LogP contribution is 2.32. The van der Waals surface area contributed by atoms with Crippen LogP contribution in [0.4, 0.5) is 5.69 Å². The van der Waals surface area contributed by atoms with Gasteiger partial charge in [0.1, 0.15) is 17.0 Å². The predicted octanol–water partition coefficient (Wildman–Crippen LogP) is 3.39. The number of ether oxygens (including phenoxy) is 2. The molecule has 1 fully saturated rings. The van der Waals surface area contributed by atoms with E-state index in [4.69, 9.17) is 13.9 Å². The van der Waals surface area contributed by atoms with Crippen LogP contribution in [0.5, 0.6) is 5.75 Å². The van der Waals surface area contributed by atoms with Crippen molar-refractivity contribution >= 4 is 22.6 Å². The molecule has 0 radical (unpaired) electrons. The van der Waals surface area contributed by atoms with Gasteiger partial charge < -0.3 is 19.2 Å². The SMILES string of the molecule is CC(=O)Nc1cc2ccc(O[C@@H]3OC[C@H](C)[C@@H](C)C3C)cc2oc1=O. The van der Waals surface area contributed by atoms with Crippen LogP contribution in [0.25, 0.3) is 11.0 Å². The van der Waals surface area contributed by atoms with Crippen LogP contribution in [0.1, 0.15) is 27.7 Å². The number of hydrogen-bond donors (Lipinski definition) is 1. The van der Waals surface area contributed by atoms with E-state index in [2.05, 4.69) is 26.1 Å². The molecule has 1 aliphatic heterocycles. The van der Waals surface area contributed by atoms with Crippen LogP contribution in [-0.2, 0) is 9.53 Å². The molecule has 2 aromatic rings. The number of hydrogen-bond acceptors (Lipinski definition) is 5. The van der Waals surface area contributed by atoms with Crippen LogP contribution in [0.15, 0.2) is 33.5 Å². The first kappa shape index (κ1) is 17.5. The number of benzene rings is 1. The van der Waals surface area contributed by atoms with Gasteiger partial charge in [0.2, 0.25) is 12.2 Å². The fraction of sp³-hybridized carbons (Fsp3) is 0.474. The normalized spacial score (nSPS) is 26.4. The molecule has 1 amide bonds. The van der Waals surface area contributed by atoms with Gasteiger partial charge in [-0.15, -0.1) is 0 Å². The Kier molecular flexibility index (Phi) is 4.81. The third kappa shape index (κ3) is 3.69. The van der Waals surface area contributed by atoms with E-state index in [9.17, 15) is 9.59 Å². The average Bonchev–Trinajstić information content (AvgIpc) is 2.56. The molecule has 2 heterocycles. The Bertz CT molecular complexity index is 843. The van der Waals surface area contributed by atoms with Crippen LogP contribution in [-0.4, -0.2) is 18.8 Å². The molecular formula is C19H23NO5. The van der Waals surface area contributed by atoms with Crippen molar-refractivity contribution < 1.29 is 18.7 Å². The van der Waals surface area contributed by atoms with Crippen molar-refractivity contribution in [1.29, 1.82) is 0 Å². The topological polar surface area (TPSA) is 77.8 Å². The Balaban J connectivity index is 1.84. The van der Waals surface area contributed by atoms with Crippen molar-refractivity contribution in [2.24, 2.45) is 17.8 Å². The first-order valence-electron chi connectivity index (χ1n) is 8.49. The number of carbonyl (C=O) groups is 1. The molecule has 0 spiro atoms. The number of anilines is 1. The lowest BCUT2D eigenvalue weighted by Gasteiger charge is -2.38. The van der Waals surface area contributed by atoms with Crippen molar-refractivity contribution in [1.82, 2.24) is 0 Å². The molecule has 0 aliphatic carbocycles. The lowest BCUT2D eigenvalue weighted by atomic mass is 9.83. The zero-order valence-corrected chi connectivity index (χ0v) is 14.9. The smallest absolute Gasteiger partial charge is 0.360 e. The Morgan fingerprint density at radius 2 is 1.96 bits per heavy atom. The first-order chi connectivity index (χ1) is 11.8. The van der Waals surface area contributed by atoms with Crippen molar-refractivity contribution in [2.45, 2.75) is 34.0 Å². The largest absolute Gasteiger partial charge is 0.465 e. The first-order valence-corrected chi connectivity index (χ1v) is 8.49. The molecule has 1 unspecified atom stereocenters. The summed E-state index contributed by atoms with van der Waals surface area (Å²) in [5, 5.41) is 3.17. The lowest BCUT2D eigenvalue weighted by molar-refractivity contribution is -0.171. The Hall–Kier alpha value is -2.34. The minimum atomic E-state index is -0.593. The fourth-order valence-electron chi connectivity index (χ4n) is 3.03. The second-order valence-corrected chi connectivity index (χ2v) is 6.84. The summed E-state index contributed by atoms with van der Waals surface area (Å²) >= 11 is 0. The molecule has 25 heavy (non-hydrogen) atoms. The maximum absolute atomic E-state index is 12.0. The molecule has 1 N–H and O–H groups in total. The number of carbonyl (C=O) groups excluding carboxylic acids is 1. The van der Waals surface area contributed by atoms with E-state index in [0.29, 0.717) is 35.2 Å². The van der Waals surface area contributed by atoms with Crippen LogP contribution < -0.4 is 15.7 Å². The predicted molar refractivity (Wildman–Crippen MR) is 94.6 cm³/mol. The van der Waals surface area contributed by atoms with Crippen LogP contribution >= 0.6 is 0 Å².